The molecule has 9 nitrogen and oxygen atoms in total. The lowest BCUT2D eigenvalue weighted by atomic mass is 9.88. The quantitative estimate of drug-likeness (QED) is 0.324. The average molecular weight is 495 g/mol. The molecule has 0 aromatic heterocycles. The number of rotatable bonds is 9. The summed E-state index contributed by atoms with van der Waals surface area (Å²) in [5.74, 6) is -1.89. The van der Waals surface area contributed by atoms with Crippen molar-refractivity contribution in [1.82, 2.24) is 10.2 Å². The number of amides is 2. The first-order valence-electron chi connectivity index (χ1n) is 11.6. The lowest BCUT2D eigenvalue weighted by molar-refractivity contribution is -0.150. The van der Waals surface area contributed by atoms with Crippen LogP contribution in [0.4, 0.5) is 4.79 Å². The number of likely N-dealkylation sites (tertiary alicyclic amines) is 1. The van der Waals surface area contributed by atoms with E-state index in [0.717, 1.165) is 11.1 Å². The molecule has 0 unspecified atom stereocenters. The molecule has 1 fully saturated rings. The third-order valence-electron chi connectivity index (χ3n) is 5.82. The van der Waals surface area contributed by atoms with Gasteiger partial charge in [-0.15, -0.1) is 0 Å². The summed E-state index contributed by atoms with van der Waals surface area (Å²) in [5.41, 5.74) is 0.287. The molecule has 190 valence electrons. The Morgan fingerprint density at radius 3 is 2.22 bits per heavy atom. The largest absolute Gasteiger partial charge is 0.467 e. The van der Waals surface area contributed by atoms with Crippen LogP contribution in [-0.4, -0.2) is 54.1 Å². The van der Waals surface area contributed by atoms with Crippen LogP contribution >= 0.6 is 0 Å². The summed E-state index contributed by atoms with van der Waals surface area (Å²) >= 11 is 0. The number of carbonyl (C=O) groups excluding carboxylic acids is 4. The molecule has 36 heavy (non-hydrogen) atoms. The topological polar surface area (TPSA) is 111 Å². The zero-order valence-corrected chi connectivity index (χ0v) is 20.6. The molecule has 1 aliphatic heterocycles. The maximum Gasteiger partial charge on any atom is 0.408 e. The van der Waals surface area contributed by atoms with Gasteiger partial charge in [-0.25, -0.2) is 14.4 Å². The second-order valence-corrected chi connectivity index (χ2v) is 8.37. The first-order chi connectivity index (χ1) is 17.3. The molecule has 2 aromatic rings. The highest BCUT2D eigenvalue weighted by atomic mass is 16.5. The number of methoxy groups -OCH3 is 1. The summed E-state index contributed by atoms with van der Waals surface area (Å²) in [5, 5.41) is 2.74. The summed E-state index contributed by atoms with van der Waals surface area (Å²) in [6.07, 6.45) is 0.426. The molecule has 2 aromatic carbocycles. The van der Waals surface area contributed by atoms with Crippen LogP contribution in [-0.2, 0) is 41.6 Å². The second-order valence-electron chi connectivity index (χ2n) is 8.37. The van der Waals surface area contributed by atoms with E-state index in [1.807, 2.05) is 60.7 Å². The third kappa shape index (κ3) is 6.29. The Balaban J connectivity index is 1.97. The molecule has 9 heteroatoms. The monoisotopic (exact) mass is 494 g/mol. The number of carbonyl (C=O) groups is 4. The SMILES string of the molecule is CCOC(=O)/C=C1\C[C@@](Cc2ccccc2)(NC(=O)OCc2ccccc2)C(=O)N1[C@@H](C)C(=O)OC. The molecular formula is C27H30N2O7. The van der Waals surface area contributed by atoms with Crippen molar-refractivity contribution in [2.75, 3.05) is 13.7 Å². The van der Waals surface area contributed by atoms with Crippen molar-refractivity contribution in [3.63, 3.8) is 0 Å². The predicted octanol–water partition coefficient (Wildman–Crippen LogP) is 3.14. The highest BCUT2D eigenvalue weighted by molar-refractivity contribution is 5.98. The lowest BCUT2D eigenvalue weighted by Crippen LogP contribution is -2.57. The van der Waals surface area contributed by atoms with E-state index in [2.05, 4.69) is 5.32 Å². The van der Waals surface area contributed by atoms with Gasteiger partial charge in [0.15, 0.2) is 0 Å². The fourth-order valence-electron chi connectivity index (χ4n) is 4.15. The molecule has 2 atom stereocenters. The van der Waals surface area contributed by atoms with Crippen molar-refractivity contribution < 1.29 is 33.4 Å². The zero-order chi connectivity index (χ0) is 26.1. The highest BCUT2D eigenvalue weighted by Gasteiger charge is 2.53. The summed E-state index contributed by atoms with van der Waals surface area (Å²) in [4.78, 5) is 52.7. The minimum Gasteiger partial charge on any atom is -0.467 e. The van der Waals surface area contributed by atoms with Gasteiger partial charge in [0.25, 0.3) is 5.91 Å². The van der Waals surface area contributed by atoms with Gasteiger partial charge in [-0.1, -0.05) is 60.7 Å². The van der Waals surface area contributed by atoms with Crippen molar-refractivity contribution in [3.8, 4) is 0 Å². The van der Waals surface area contributed by atoms with E-state index in [1.165, 1.54) is 25.0 Å². The van der Waals surface area contributed by atoms with Crippen molar-refractivity contribution in [3.05, 3.63) is 83.6 Å². The fraction of sp³-hybridized carbons (Fsp3) is 0.333. The lowest BCUT2D eigenvalue weighted by Gasteiger charge is -2.30. The van der Waals surface area contributed by atoms with E-state index in [4.69, 9.17) is 14.2 Å². The van der Waals surface area contributed by atoms with Gasteiger partial charge in [0, 0.05) is 24.6 Å². The van der Waals surface area contributed by atoms with E-state index in [1.54, 1.807) is 6.92 Å². The first kappa shape index (κ1) is 26.5. The molecular weight excluding hydrogens is 464 g/mol. The average Bonchev–Trinajstić information content (AvgIpc) is 3.13. The summed E-state index contributed by atoms with van der Waals surface area (Å²) in [6.45, 7) is 3.31. The van der Waals surface area contributed by atoms with Crippen LogP contribution in [0.3, 0.4) is 0 Å². The van der Waals surface area contributed by atoms with Gasteiger partial charge in [0.05, 0.1) is 13.7 Å². The molecule has 2 amide bonds. The minimum absolute atomic E-state index is 0.0100. The molecule has 0 radical (unpaired) electrons. The first-order valence-corrected chi connectivity index (χ1v) is 11.6. The van der Waals surface area contributed by atoms with Crippen molar-refractivity contribution >= 4 is 23.9 Å². The number of hydrogen-bond donors (Lipinski definition) is 1. The number of nitrogens with zero attached hydrogens (tertiary/aromatic N) is 1. The van der Waals surface area contributed by atoms with Gasteiger partial charge in [0.2, 0.25) is 0 Å². The molecule has 0 spiro atoms. The number of benzene rings is 2. The Labute approximate surface area is 210 Å². The van der Waals surface area contributed by atoms with E-state index < -0.39 is 35.5 Å². The summed E-state index contributed by atoms with van der Waals surface area (Å²) < 4.78 is 15.3. The molecule has 0 aliphatic carbocycles. The highest BCUT2D eigenvalue weighted by Crippen LogP contribution is 2.36. The van der Waals surface area contributed by atoms with Gasteiger partial charge in [-0.2, -0.15) is 0 Å². The third-order valence-corrected chi connectivity index (χ3v) is 5.82. The van der Waals surface area contributed by atoms with Gasteiger partial charge < -0.3 is 19.5 Å². The molecule has 1 aliphatic rings. The van der Waals surface area contributed by atoms with E-state index in [0.29, 0.717) is 0 Å². The van der Waals surface area contributed by atoms with E-state index >= 15 is 0 Å². The predicted molar refractivity (Wildman–Crippen MR) is 130 cm³/mol. The number of esters is 2. The molecule has 1 N–H and O–H groups in total. The van der Waals surface area contributed by atoms with E-state index in [-0.39, 0.29) is 31.8 Å². The number of hydrogen-bond acceptors (Lipinski definition) is 7. The summed E-state index contributed by atoms with van der Waals surface area (Å²) in [7, 11) is 1.21. The van der Waals surface area contributed by atoms with Crippen molar-refractivity contribution in [1.29, 1.82) is 0 Å². The smallest absolute Gasteiger partial charge is 0.408 e. The number of ether oxygens (including phenoxy) is 3. The Hall–Kier alpha value is -4.14. The van der Waals surface area contributed by atoms with Crippen LogP contribution in [0.15, 0.2) is 72.4 Å². The fourth-order valence-corrected chi connectivity index (χ4v) is 4.15. The molecule has 0 bridgehead atoms. The normalized spacial score (nSPS) is 19.0. The molecule has 1 saturated heterocycles. The van der Waals surface area contributed by atoms with Crippen LogP contribution in [0.25, 0.3) is 0 Å². The van der Waals surface area contributed by atoms with Crippen LogP contribution in [0, 0.1) is 0 Å². The maximum absolute atomic E-state index is 13.9. The molecule has 3 rings (SSSR count). The van der Waals surface area contributed by atoms with E-state index in [9.17, 15) is 19.2 Å². The van der Waals surface area contributed by atoms with Gasteiger partial charge in [-0.3, -0.25) is 9.69 Å². The zero-order valence-electron chi connectivity index (χ0n) is 20.6. The molecule has 1 heterocycles. The molecule has 0 saturated carbocycles. The minimum atomic E-state index is -1.50. The number of nitrogens with one attached hydrogen (secondary N) is 1. The Bertz CT molecular complexity index is 1120. The number of alkyl carbamates (subject to hydrolysis) is 1. The Morgan fingerprint density at radius 1 is 1.03 bits per heavy atom. The van der Waals surface area contributed by atoms with Gasteiger partial charge in [-0.05, 0) is 25.0 Å². The van der Waals surface area contributed by atoms with Crippen LogP contribution < -0.4 is 5.32 Å². The Morgan fingerprint density at radius 2 is 1.64 bits per heavy atom. The standard InChI is InChI=1S/C27H30N2O7/c1-4-35-23(30)15-22-17-27(16-20-11-7-5-8-12-20,25(32)29(22)19(2)24(31)34-3)28-26(33)36-18-21-13-9-6-10-14-21/h5-15,19H,4,16-18H2,1-3H3,(H,28,33)/b22-15+/t19-,27+/m0/s1. The van der Waals surface area contributed by atoms with Crippen molar-refractivity contribution in [2.24, 2.45) is 0 Å². The van der Waals surface area contributed by atoms with Gasteiger partial charge in [0.1, 0.15) is 18.2 Å². The van der Waals surface area contributed by atoms with Crippen LogP contribution in [0.2, 0.25) is 0 Å². The maximum atomic E-state index is 13.9. The van der Waals surface area contributed by atoms with Crippen LogP contribution in [0.1, 0.15) is 31.4 Å². The Kier molecular flexibility index (Phi) is 8.83. The van der Waals surface area contributed by atoms with Crippen molar-refractivity contribution in [2.45, 2.75) is 44.9 Å². The van der Waals surface area contributed by atoms with Gasteiger partial charge >= 0.3 is 18.0 Å². The summed E-state index contributed by atoms with van der Waals surface area (Å²) in [6, 6.07) is 17.2. The second kappa shape index (κ2) is 12.0. The van der Waals surface area contributed by atoms with Crippen LogP contribution in [0.5, 0.6) is 0 Å².